The van der Waals surface area contributed by atoms with Gasteiger partial charge >= 0.3 is 5.97 Å². The third-order valence-electron chi connectivity index (χ3n) is 2.31. The molecular weight excluding hydrogens is 290 g/mol. The Morgan fingerprint density at radius 1 is 1.44 bits per heavy atom. The van der Waals surface area contributed by atoms with E-state index in [9.17, 15) is 4.79 Å². The minimum Gasteiger partial charge on any atom is -0.477 e. The molecular formula is C12H10ClNO2S2. The van der Waals surface area contributed by atoms with Crippen molar-refractivity contribution in [1.82, 2.24) is 0 Å². The number of nitrogen functional groups attached to an aromatic ring is 1. The molecule has 0 fully saturated rings. The summed E-state index contributed by atoms with van der Waals surface area (Å²) in [7, 11) is 0. The smallest absolute Gasteiger partial charge is 0.346 e. The van der Waals surface area contributed by atoms with Gasteiger partial charge in [-0.15, -0.1) is 23.1 Å². The van der Waals surface area contributed by atoms with Gasteiger partial charge in [0, 0.05) is 16.3 Å². The van der Waals surface area contributed by atoms with Gasteiger partial charge in [0.25, 0.3) is 0 Å². The molecule has 2 rings (SSSR count). The van der Waals surface area contributed by atoms with Crippen LogP contribution in [0.2, 0.25) is 5.02 Å². The molecule has 2 aromatic rings. The highest BCUT2D eigenvalue weighted by molar-refractivity contribution is 7.98. The maximum absolute atomic E-state index is 11.0. The Morgan fingerprint density at radius 2 is 2.22 bits per heavy atom. The molecule has 0 atom stereocenters. The van der Waals surface area contributed by atoms with Crippen LogP contribution in [0.3, 0.4) is 0 Å². The Labute approximate surface area is 118 Å². The number of hydrogen-bond acceptors (Lipinski definition) is 4. The first-order valence-electron chi connectivity index (χ1n) is 5.06. The average molecular weight is 300 g/mol. The second kappa shape index (κ2) is 5.65. The zero-order valence-corrected chi connectivity index (χ0v) is 11.6. The Hall–Kier alpha value is -1.17. The largest absolute Gasteiger partial charge is 0.477 e. The molecule has 0 saturated carbocycles. The highest BCUT2D eigenvalue weighted by Crippen LogP contribution is 2.35. The van der Waals surface area contributed by atoms with E-state index in [1.807, 2.05) is 6.07 Å². The molecule has 1 heterocycles. The number of benzene rings is 1. The van der Waals surface area contributed by atoms with Gasteiger partial charge in [0.1, 0.15) is 4.88 Å². The van der Waals surface area contributed by atoms with Crippen LogP contribution in [-0.2, 0) is 5.75 Å². The predicted molar refractivity (Wildman–Crippen MR) is 76.7 cm³/mol. The highest BCUT2D eigenvalue weighted by atomic mass is 35.5. The molecule has 0 unspecified atom stereocenters. The van der Waals surface area contributed by atoms with Gasteiger partial charge in [0.2, 0.25) is 0 Å². The first kappa shape index (κ1) is 13.3. The minimum absolute atomic E-state index is 0.369. The van der Waals surface area contributed by atoms with Crippen LogP contribution in [0.1, 0.15) is 15.2 Å². The van der Waals surface area contributed by atoms with Gasteiger partial charge in [0.15, 0.2) is 0 Å². The first-order valence-corrected chi connectivity index (χ1v) is 7.30. The zero-order chi connectivity index (χ0) is 13.1. The van der Waals surface area contributed by atoms with Crippen LogP contribution < -0.4 is 5.73 Å². The molecule has 0 aliphatic heterocycles. The highest BCUT2D eigenvalue weighted by Gasteiger charge is 2.13. The summed E-state index contributed by atoms with van der Waals surface area (Å²) in [4.78, 5) is 12.1. The molecule has 0 radical (unpaired) electrons. The summed E-state index contributed by atoms with van der Waals surface area (Å²) in [6.45, 7) is 0. The normalized spacial score (nSPS) is 10.5. The third-order valence-corrected chi connectivity index (χ3v) is 4.88. The number of carboxylic acid groups (broad SMARTS) is 1. The van der Waals surface area contributed by atoms with Crippen LogP contribution in [0.25, 0.3) is 0 Å². The number of thiophene rings is 1. The molecule has 0 aliphatic carbocycles. The summed E-state index contributed by atoms with van der Waals surface area (Å²) in [6.07, 6.45) is 0. The van der Waals surface area contributed by atoms with E-state index in [4.69, 9.17) is 22.4 Å². The van der Waals surface area contributed by atoms with Gasteiger partial charge in [0.05, 0.1) is 5.02 Å². The number of anilines is 1. The standard InChI is InChI=1S/C12H10ClNO2S2/c13-8-2-1-3-9(14)11(8)18-6-7-4-5-17-10(7)12(15)16/h1-5H,6,14H2,(H,15,16). The second-order valence-electron chi connectivity index (χ2n) is 3.53. The van der Waals surface area contributed by atoms with Crippen LogP contribution in [-0.4, -0.2) is 11.1 Å². The lowest BCUT2D eigenvalue weighted by Crippen LogP contribution is -1.96. The quantitative estimate of drug-likeness (QED) is 0.662. The molecule has 0 bridgehead atoms. The Balaban J connectivity index is 2.17. The molecule has 0 saturated heterocycles. The monoisotopic (exact) mass is 299 g/mol. The van der Waals surface area contributed by atoms with Gasteiger partial charge in [-0.1, -0.05) is 17.7 Å². The molecule has 0 spiro atoms. The van der Waals surface area contributed by atoms with E-state index >= 15 is 0 Å². The van der Waals surface area contributed by atoms with Crippen LogP contribution in [0.4, 0.5) is 5.69 Å². The number of hydrogen-bond donors (Lipinski definition) is 2. The molecule has 3 nitrogen and oxygen atoms in total. The van der Waals surface area contributed by atoms with E-state index < -0.39 is 5.97 Å². The Bertz CT molecular complexity index is 563. The molecule has 1 aromatic heterocycles. The Morgan fingerprint density at radius 3 is 2.89 bits per heavy atom. The SMILES string of the molecule is Nc1cccc(Cl)c1SCc1ccsc1C(=O)O. The molecule has 0 aliphatic rings. The molecule has 0 amide bonds. The average Bonchev–Trinajstić information content (AvgIpc) is 2.76. The predicted octanol–water partition coefficient (Wildman–Crippen LogP) is 3.97. The summed E-state index contributed by atoms with van der Waals surface area (Å²) in [5.74, 6) is -0.355. The number of halogens is 1. The van der Waals surface area contributed by atoms with Crippen molar-refractivity contribution in [1.29, 1.82) is 0 Å². The summed E-state index contributed by atoms with van der Waals surface area (Å²) in [6, 6.07) is 7.15. The van der Waals surface area contributed by atoms with Crippen LogP contribution in [0.5, 0.6) is 0 Å². The number of carbonyl (C=O) groups is 1. The van der Waals surface area contributed by atoms with E-state index in [-0.39, 0.29) is 0 Å². The number of thioether (sulfide) groups is 1. The topological polar surface area (TPSA) is 63.3 Å². The lowest BCUT2D eigenvalue weighted by molar-refractivity contribution is 0.0701. The molecule has 6 heteroatoms. The zero-order valence-electron chi connectivity index (χ0n) is 9.22. The van der Waals surface area contributed by atoms with Gasteiger partial charge < -0.3 is 10.8 Å². The number of nitrogens with two attached hydrogens (primary N) is 1. The van der Waals surface area contributed by atoms with E-state index in [2.05, 4.69) is 0 Å². The Kier molecular flexibility index (Phi) is 4.16. The van der Waals surface area contributed by atoms with Gasteiger partial charge in [-0.2, -0.15) is 0 Å². The maximum Gasteiger partial charge on any atom is 0.346 e. The van der Waals surface area contributed by atoms with E-state index in [0.29, 0.717) is 21.3 Å². The number of rotatable bonds is 4. The van der Waals surface area contributed by atoms with Crippen molar-refractivity contribution in [2.45, 2.75) is 10.6 Å². The van der Waals surface area contributed by atoms with Gasteiger partial charge in [-0.25, -0.2) is 4.79 Å². The lowest BCUT2D eigenvalue weighted by atomic mass is 10.3. The third kappa shape index (κ3) is 2.80. The van der Waals surface area contributed by atoms with Crippen LogP contribution in [0.15, 0.2) is 34.5 Å². The van der Waals surface area contributed by atoms with Gasteiger partial charge in [-0.05, 0) is 29.1 Å². The number of aromatic carboxylic acids is 1. The fourth-order valence-electron chi connectivity index (χ4n) is 1.46. The summed E-state index contributed by atoms with van der Waals surface area (Å²) in [5.41, 5.74) is 7.24. The van der Waals surface area contributed by atoms with E-state index in [0.717, 1.165) is 10.5 Å². The van der Waals surface area contributed by atoms with Crippen LogP contribution >= 0.6 is 34.7 Å². The number of carboxylic acids is 1. The maximum atomic E-state index is 11.0. The van der Waals surface area contributed by atoms with Crippen molar-refractivity contribution in [3.05, 3.63) is 45.1 Å². The van der Waals surface area contributed by atoms with Crippen molar-refractivity contribution < 1.29 is 9.90 Å². The van der Waals surface area contributed by atoms with Crippen LogP contribution in [0, 0.1) is 0 Å². The minimum atomic E-state index is -0.896. The van der Waals surface area contributed by atoms with Gasteiger partial charge in [-0.3, -0.25) is 0 Å². The molecule has 94 valence electrons. The fourth-order valence-corrected chi connectivity index (χ4v) is 3.64. The van der Waals surface area contributed by atoms with Crippen molar-refractivity contribution in [3.63, 3.8) is 0 Å². The summed E-state index contributed by atoms with van der Waals surface area (Å²) < 4.78 is 0. The van der Waals surface area contributed by atoms with Crippen molar-refractivity contribution in [2.24, 2.45) is 0 Å². The first-order chi connectivity index (χ1) is 8.59. The molecule has 3 N–H and O–H groups in total. The molecule has 1 aromatic carbocycles. The fraction of sp³-hybridized carbons (Fsp3) is 0.0833. The van der Waals surface area contributed by atoms with Crippen molar-refractivity contribution >= 4 is 46.4 Å². The molecule has 18 heavy (non-hydrogen) atoms. The summed E-state index contributed by atoms with van der Waals surface area (Å²) >= 11 is 8.73. The lowest BCUT2D eigenvalue weighted by Gasteiger charge is -2.07. The van der Waals surface area contributed by atoms with E-state index in [1.165, 1.54) is 23.1 Å². The second-order valence-corrected chi connectivity index (χ2v) is 5.84. The van der Waals surface area contributed by atoms with Crippen molar-refractivity contribution in [2.75, 3.05) is 5.73 Å². The van der Waals surface area contributed by atoms with Crippen molar-refractivity contribution in [3.8, 4) is 0 Å². The summed E-state index contributed by atoms with van der Waals surface area (Å²) in [5, 5.41) is 11.4. The van der Waals surface area contributed by atoms with E-state index in [1.54, 1.807) is 23.6 Å².